The lowest BCUT2D eigenvalue weighted by Crippen LogP contribution is -2.36. The molecule has 0 amide bonds. The van der Waals surface area contributed by atoms with Crippen molar-refractivity contribution in [2.75, 3.05) is 36.5 Å². The van der Waals surface area contributed by atoms with Gasteiger partial charge < -0.3 is 19.7 Å². The minimum atomic E-state index is -4.71. The van der Waals surface area contributed by atoms with Crippen molar-refractivity contribution in [3.63, 3.8) is 0 Å². The van der Waals surface area contributed by atoms with Crippen LogP contribution < -0.4 is 15.0 Å². The first kappa shape index (κ1) is 29.9. The van der Waals surface area contributed by atoms with Gasteiger partial charge in [-0.05, 0) is 61.2 Å². The van der Waals surface area contributed by atoms with E-state index >= 15 is 0 Å². The number of rotatable bonds is 10. The third kappa shape index (κ3) is 9.92. The third-order valence-corrected chi connectivity index (χ3v) is 5.51. The zero-order valence-electron chi connectivity index (χ0n) is 21.7. The van der Waals surface area contributed by atoms with Crippen molar-refractivity contribution >= 4 is 28.5 Å². The number of carbonyl (C=O) groups is 1. The molecule has 3 rings (SSSR count). The quantitative estimate of drug-likeness (QED) is 0.332. The van der Waals surface area contributed by atoms with Crippen molar-refractivity contribution < 1.29 is 27.4 Å². The molecule has 0 saturated carbocycles. The molecule has 0 spiro atoms. The topological polar surface area (TPSA) is 63.7 Å². The lowest BCUT2D eigenvalue weighted by atomic mass is 10.00. The molecule has 0 radical (unpaired) electrons. The number of alkyl halides is 3. The summed E-state index contributed by atoms with van der Waals surface area (Å²) in [5.74, 6) is 0.552. The van der Waals surface area contributed by atoms with Gasteiger partial charge in [0.1, 0.15) is 11.6 Å². The summed E-state index contributed by atoms with van der Waals surface area (Å²) in [6.07, 6.45) is 3.88. The number of hydrogen-bond acceptors (Lipinski definition) is 6. The number of aromatic nitrogens is 1. The first-order valence-corrected chi connectivity index (χ1v) is 12.5. The Bertz CT molecular complexity index is 1030. The van der Waals surface area contributed by atoms with E-state index in [0.29, 0.717) is 31.1 Å². The molecule has 202 valence electrons. The van der Waals surface area contributed by atoms with Crippen LogP contribution in [0.4, 0.5) is 30.4 Å². The number of nitrogens with one attached hydrogen (secondary N) is 1. The largest absolute Gasteiger partial charge is 0.573 e. The van der Waals surface area contributed by atoms with E-state index in [0.717, 1.165) is 43.6 Å². The van der Waals surface area contributed by atoms with Gasteiger partial charge in [0, 0.05) is 42.6 Å². The monoisotopic (exact) mass is 519 g/mol. The summed E-state index contributed by atoms with van der Waals surface area (Å²) in [6.45, 7) is 12.4. The van der Waals surface area contributed by atoms with Crippen LogP contribution >= 0.6 is 0 Å². The molecule has 37 heavy (non-hydrogen) atoms. The molecule has 0 atom stereocenters. The molecule has 1 aromatic heterocycles. The number of pyridine rings is 1. The molecule has 2 aromatic rings. The first-order chi connectivity index (χ1) is 17.7. The number of benzene rings is 1. The third-order valence-electron chi connectivity index (χ3n) is 5.51. The van der Waals surface area contributed by atoms with Gasteiger partial charge in [0.25, 0.3) is 0 Å². The van der Waals surface area contributed by atoms with Crippen LogP contribution in [-0.2, 0) is 9.53 Å². The van der Waals surface area contributed by atoms with E-state index in [2.05, 4.69) is 46.4 Å². The van der Waals surface area contributed by atoms with E-state index in [1.807, 2.05) is 13.0 Å². The van der Waals surface area contributed by atoms with Gasteiger partial charge in [-0.1, -0.05) is 33.4 Å². The molecule has 1 saturated heterocycles. The summed E-state index contributed by atoms with van der Waals surface area (Å²) in [4.78, 5) is 17.1. The number of ether oxygens (including phenoxy) is 2. The second kappa shape index (κ2) is 15.0. The highest BCUT2D eigenvalue weighted by atomic mass is 19.4. The Morgan fingerprint density at radius 2 is 1.84 bits per heavy atom. The molecule has 9 heteroatoms. The molecular weight excluding hydrogens is 483 g/mol. The van der Waals surface area contributed by atoms with E-state index < -0.39 is 6.36 Å². The SMILES string of the molecule is C=CC(=O)CCC.CC/C=C(\CC)c1c(N2CCOCC2)ccnc1Nc1ccc(OC(F)(F)F)cc1. The van der Waals surface area contributed by atoms with Gasteiger partial charge in [0.05, 0.1) is 13.2 Å². The maximum Gasteiger partial charge on any atom is 0.573 e. The van der Waals surface area contributed by atoms with Gasteiger partial charge in [-0.15, -0.1) is 13.2 Å². The molecule has 1 aliphatic rings. The number of nitrogens with zero attached hydrogens (tertiary/aromatic N) is 2. The summed E-state index contributed by atoms with van der Waals surface area (Å²) in [7, 11) is 0. The highest BCUT2D eigenvalue weighted by Crippen LogP contribution is 2.36. The van der Waals surface area contributed by atoms with E-state index in [4.69, 9.17) is 4.74 Å². The Kier molecular flexibility index (Phi) is 12.2. The Morgan fingerprint density at radius 1 is 1.16 bits per heavy atom. The highest BCUT2D eigenvalue weighted by molar-refractivity contribution is 5.89. The van der Waals surface area contributed by atoms with Crippen LogP contribution in [0.1, 0.15) is 52.0 Å². The van der Waals surface area contributed by atoms with Crippen LogP contribution in [0, 0.1) is 0 Å². The smallest absolute Gasteiger partial charge is 0.406 e. The number of halogens is 3. The van der Waals surface area contributed by atoms with Crippen molar-refractivity contribution in [3.05, 3.63) is 60.8 Å². The van der Waals surface area contributed by atoms with Crippen LogP contribution in [0.2, 0.25) is 0 Å². The standard InChI is InChI=1S/C22H26F3N3O2.C6H10O/c1-3-5-16(4-2)20-19(28-12-14-29-15-13-28)10-11-26-21(20)27-17-6-8-18(9-7-17)30-22(23,24)25;1-3-5-6(7)4-2/h5-11H,3-4,12-15H2,1-2H3,(H,26,27);4H,2-3,5H2,1H3/b16-5+;. The Morgan fingerprint density at radius 3 is 2.35 bits per heavy atom. The number of anilines is 3. The molecular formula is C28H36F3N3O3. The molecule has 6 nitrogen and oxygen atoms in total. The fourth-order valence-corrected chi connectivity index (χ4v) is 3.83. The number of ketones is 1. The van der Waals surface area contributed by atoms with Gasteiger partial charge in [-0.3, -0.25) is 4.79 Å². The molecule has 1 aromatic carbocycles. The summed E-state index contributed by atoms with van der Waals surface area (Å²) in [6, 6.07) is 7.66. The van der Waals surface area contributed by atoms with Crippen molar-refractivity contribution in [1.29, 1.82) is 0 Å². The van der Waals surface area contributed by atoms with Gasteiger partial charge in [0.2, 0.25) is 0 Å². The fraction of sp³-hybridized carbons (Fsp3) is 0.429. The Hall–Kier alpha value is -3.33. The second-order valence-corrected chi connectivity index (χ2v) is 8.26. The van der Waals surface area contributed by atoms with Gasteiger partial charge >= 0.3 is 6.36 Å². The van der Waals surface area contributed by atoms with Gasteiger partial charge in [-0.2, -0.15) is 0 Å². The highest BCUT2D eigenvalue weighted by Gasteiger charge is 2.31. The summed E-state index contributed by atoms with van der Waals surface area (Å²) < 4.78 is 46.6. The second-order valence-electron chi connectivity index (χ2n) is 8.26. The lowest BCUT2D eigenvalue weighted by Gasteiger charge is -2.31. The van der Waals surface area contributed by atoms with Crippen molar-refractivity contribution in [3.8, 4) is 5.75 Å². The van der Waals surface area contributed by atoms with E-state index in [9.17, 15) is 18.0 Å². The molecule has 1 N–H and O–H groups in total. The summed E-state index contributed by atoms with van der Waals surface area (Å²) in [5, 5.41) is 3.27. The maximum atomic E-state index is 12.4. The van der Waals surface area contributed by atoms with Gasteiger partial charge in [0.15, 0.2) is 5.78 Å². The van der Waals surface area contributed by atoms with Crippen LogP contribution in [0.5, 0.6) is 5.75 Å². The number of hydrogen-bond donors (Lipinski definition) is 1. The Balaban J connectivity index is 0.000000604. The van der Waals surface area contributed by atoms with E-state index in [1.54, 1.807) is 18.3 Å². The van der Waals surface area contributed by atoms with Crippen LogP contribution in [0.25, 0.3) is 5.57 Å². The molecule has 0 aliphatic carbocycles. The lowest BCUT2D eigenvalue weighted by molar-refractivity contribution is -0.274. The van der Waals surface area contributed by atoms with Crippen molar-refractivity contribution in [2.45, 2.75) is 52.8 Å². The number of allylic oxidation sites excluding steroid dienone is 3. The molecule has 1 fully saturated rings. The normalized spacial score (nSPS) is 13.9. The van der Waals surface area contributed by atoms with Gasteiger partial charge in [-0.25, -0.2) is 4.98 Å². The van der Waals surface area contributed by atoms with Crippen LogP contribution in [-0.4, -0.2) is 43.4 Å². The molecule has 0 unspecified atom stereocenters. The van der Waals surface area contributed by atoms with Crippen molar-refractivity contribution in [1.82, 2.24) is 4.98 Å². The fourth-order valence-electron chi connectivity index (χ4n) is 3.83. The minimum Gasteiger partial charge on any atom is -0.406 e. The summed E-state index contributed by atoms with van der Waals surface area (Å²) >= 11 is 0. The zero-order valence-corrected chi connectivity index (χ0v) is 21.7. The molecule has 2 heterocycles. The first-order valence-electron chi connectivity index (χ1n) is 12.5. The number of morpholine rings is 1. The zero-order chi connectivity index (χ0) is 27.3. The Labute approximate surface area is 217 Å². The predicted molar refractivity (Wildman–Crippen MR) is 142 cm³/mol. The van der Waals surface area contributed by atoms with E-state index in [1.165, 1.54) is 23.8 Å². The van der Waals surface area contributed by atoms with Crippen LogP contribution in [0.15, 0.2) is 55.3 Å². The van der Waals surface area contributed by atoms with E-state index in [-0.39, 0.29) is 11.5 Å². The van der Waals surface area contributed by atoms with Crippen molar-refractivity contribution in [2.24, 2.45) is 0 Å². The molecule has 0 bridgehead atoms. The predicted octanol–water partition coefficient (Wildman–Crippen LogP) is 7.31. The maximum absolute atomic E-state index is 12.4. The van der Waals surface area contributed by atoms with Crippen LogP contribution in [0.3, 0.4) is 0 Å². The average molecular weight is 520 g/mol. The molecule has 1 aliphatic heterocycles. The minimum absolute atomic E-state index is 0.141. The number of carbonyl (C=O) groups excluding carboxylic acids is 1. The summed E-state index contributed by atoms with van der Waals surface area (Å²) in [5.41, 5.74) is 3.89. The average Bonchev–Trinajstić information content (AvgIpc) is 2.88.